The van der Waals surface area contributed by atoms with E-state index in [1.54, 1.807) is 0 Å². The topological polar surface area (TPSA) is 58.4 Å². The third kappa shape index (κ3) is 5.26. The smallest absolute Gasteiger partial charge is 0.398 e. The molecule has 0 fully saturated rings. The fraction of sp³-hybridized carbons (Fsp3) is 0.500. The van der Waals surface area contributed by atoms with Gasteiger partial charge in [-0.05, 0) is 45.6 Å². The average Bonchev–Trinajstić information content (AvgIpc) is 2.36. The number of nitrogens with zero attached hydrogens (tertiary/aromatic N) is 1. The molecule has 1 rings (SSSR count). The summed E-state index contributed by atoms with van der Waals surface area (Å²) in [4.78, 5) is 13.9. The SMILES string of the molecule is CN(C)CCCCNC(=O)c1cccc(C(F)(F)F)c1N. The number of halogens is 3. The zero-order valence-corrected chi connectivity index (χ0v) is 12.1. The number of nitrogens with two attached hydrogens (primary N) is 1. The third-order valence-electron chi connectivity index (χ3n) is 2.97. The van der Waals surface area contributed by atoms with Crippen molar-refractivity contribution in [3.63, 3.8) is 0 Å². The molecule has 1 amide bonds. The number of anilines is 1. The Labute approximate surface area is 122 Å². The number of amides is 1. The number of nitrogens with one attached hydrogen (secondary N) is 1. The minimum atomic E-state index is -4.56. The van der Waals surface area contributed by atoms with Crippen LogP contribution in [0.25, 0.3) is 0 Å². The van der Waals surface area contributed by atoms with Gasteiger partial charge in [0.25, 0.3) is 5.91 Å². The van der Waals surface area contributed by atoms with Crippen molar-refractivity contribution in [3.8, 4) is 0 Å². The van der Waals surface area contributed by atoms with E-state index in [1.807, 2.05) is 19.0 Å². The van der Waals surface area contributed by atoms with Gasteiger partial charge in [0.1, 0.15) is 0 Å². The zero-order chi connectivity index (χ0) is 16.0. The van der Waals surface area contributed by atoms with Gasteiger partial charge >= 0.3 is 6.18 Å². The number of rotatable bonds is 6. The maximum absolute atomic E-state index is 12.7. The van der Waals surface area contributed by atoms with Gasteiger partial charge < -0.3 is 16.0 Å². The minimum absolute atomic E-state index is 0.141. The summed E-state index contributed by atoms with van der Waals surface area (Å²) in [7, 11) is 3.89. The van der Waals surface area contributed by atoms with Crippen LogP contribution in [0.1, 0.15) is 28.8 Å². The Balaban J connectivity index is 2.63. The summed E-state index contributed by atoms with van der Waals surface area (Å²) in [6.07, 6.45) is -2.92. The highest BCUT2D eigenvalue weighted by Gasteiger charge is 2.34. The largest absolute Gasteiger partial charge is 0.418 e. The fourth-order valence-electron chi connectivity index (χ4n) is 1.86. The molecule has 7 heteroatoms. The fourth-order valence-corrected chi connectivity index (χ4v) is 1.86. The van der Waals surface area contributed by atoms with Crippen LogP contribution in [-0.2, 0) is 6.18 Å². The predicted molar refractivity (Wildman–Crippen MR) is 76.0 cm³/mol. The van der Waals surface area contributed by atoms with Crippen LogP contribution in [0, 0.1) is 0 Å². The Morgan fingerprint density at radius 1 is 1.29 bits per heavy atom. The van der Waals surface area contributed by atoms with Gasteiger partial charge in [-0.25, -0.2) is 0 Å². The second-order valence-electron chi connectivity index (χ2n) is 5.03. The maximum Gasteiger partial charge on any atom is 0.418 e. The summed E-state index contributed by atoms with van der Waals surface area (Å²) in [5.41, 5.74) is 3.80. The summed E-state index contributed by atoms with van der Waals surface area (Å²) in [6.45, 7) is 1.30. The number of unbranched alkanes of at least 4 members (excludes halogenated alkanes) is 1. The Morgan fingerprint density at radius 3 is 2.52 bits per heavy atom. The molecule has 0 radical (unpaired) electrons. The third-order valence-corrected chi connectivity index (χ3v) is 2.97. The molecule has 118 valence electrons. The molecule has 0 spiro atoms. The Bertz CT molecular complexity index is 487. The van der Waals surface area contributed by atoms with E-state index in [4.69, 9.17) is 5.73 Å². The van der Waals surface area contributed by atoms with E-state index >= 15 is 0 Å². The molecule has 1 aromatic carbocycles. The van der Waals surface area contributed by atoms with Gasteiger partial charge in [-0.3, -0.25) is 4.79 Å². The van der Waals surface area contributed by atoms with Gasteiger partial charge in [0, 0.05) is 6.54 Å². The molecular weight excluding hydrogens is 283 g/mol. The average molecular weight is 303 g/mol. The van der Waals surface area contributed by atoms with E-state index < -0.39 is 23.3 Å². The summed E-state index contributed by atoms with van der Waals surface area (Å²) < 4.78 is 38.1. The first-order valence-corrected chi connectivity index (χ1v) is 6.62. The second-order valence-corrected chi connectivity index (χ2v) is 5.03. The number of benzene rings is 1. The Morgan fingerprint density at radius 2 is 1.95 bits per heavy atom. The summed E-state index contributed by atoms with van der Waals surface area (Å²) in [5, 5.41) is 2.59. The van der Waals surface area contributed by atoms with Crippen molar-refractivity contribution in [3.05, 3.63) is 29.3 Å². The van der Waals surface area contributed by atoms with Crippen LogP contribution in [0.4, 0.5) is 18.9 Å². The van der Waals surface area contributed by atoms with E-state index in [9.17, 15) is 18.0 Å². The number of hydrogen-bond acceptors (Lipinski definition) is 3. The standard InChI is InChI=1S/C14H20F3N3O/c1-20(2)9-4-3-8-19-13(21)10-6-5-7-11(12(10)18)14(15,16)17/h5-7H,3-4,8-9,18H2,1-2H3,(H,19,21). The van der Waals surface area contributed by atoms with Gasteiger partial charge in [-0.15, -0.1) is 0 Å². The van der Waals surface area contributed by atoms with Crippen molar-refractivity contribution in [1.82, 2.24) is 10.2 Å². The van der Waals surface area contributed by atoms with E-state index in [0.717, 1.165) is 25.5 Å². The van der Waals surface area contributed by atoms with Gasteiger partial charge in [-0.2, -0.15) is 13.2 Å². The summed E-state index contributed by atoms with van der Waals surface area (Å²) in [6, 6.07) is 3.34. The first-order chi connectivity index (χ1) is 9.73. The lowest BCUT2D eigenvalue weighted by atomic mass is 10.1. The van der Waals surface area contributed by atoms with Crippen molar-refractivity contribution < 1.29 is 18.0 Å². The molecule has 4 nitrogen and oxygen atoms in total. The van der Waals surface area contributed by atoms with E-state index in [0.29, 0.717) is 6.54 Å². The minimum Gasteiger partial charge on any atom is -0.398 e. The molecule has 0 saturated heterocycles. The van der Waals surface area contributed by atoms with Crippen LogP contribution in [0.3, 0.4) is 0 Å². The number of carbonyl (C=O) groups excluding carboxylic acids is 1. The number of carbonyl (C=O) groups is 1. The highest BCUT2D eigenvalue weighted by Crippen LogP contribution is 2.34. The Kier molecular flexibility index (Phi) is 6.02. The van der Waals surface area contributed by atoms with Crippen LogP contribution >= 0.6 is 0 Å². The van der Waals surface area contributed by atoms with E-state index in [-0.39, 0.29) is 5.56 Å². The van der Waals surface area contributed by atoms with Crippen molar-refractivity contribution in [2.75, 3.05) is 32.9 Å². The van der Waals surface area contributed by atoms with Gasteiger partial charge in [0.15, 0.2) is 0 Å². The van der Waals surface area contributed by atoms with Gasteiger partial charge in [0.05, 0.1) is 16.8 Å². The van der Waals surface area contributed by atoms with Crippen LogP contribution in [0.15, 0.2) is 18.2 Å². The molecular formula is C14H20F3N3O. The quantitative estimate of drug-likeness (QED) is 0.626. The number of hydrogen-bond donors (Lipinski definition) is 2. The van der Waals surface area contributed by atoms with Crippen LogP contribution < -0.4 is 11.1 Å². The lowest BCUT2D eigenvalue weighted by Crippen LogP contribution is -2.27. The van der Waals surface area contributed by atoms with Crippen LogP contribution in [0.2, 0.25) is 0 Å². The van der Waals surface area contributed by atoms with Gasteiger partial charge in [0.2, 0.25) is 0 Å². The van der Waals surface area contributed by atoms with Gasteiger partial charge in [-0.1, -0.05) is 6.07 Å². The van der Waals surface area contributed by atoms with E-state index in [2.05, 4.69) is 5.32 Å². The first kappa shape index (κ1) is 17.3. The molecule has 0 bridgehead atoms. The zero-order valence-electron chi connectivity index (χ0n) is 12.1. The summed E-state index contributed by atoms with van der Waals surface area (Å²) in [5.74, 6) is -0.580. The monoisotopic (exact) mass is 303 g/mol. The van der Waals surface area contributed by atoms with E-state index in [1.165, 1.54) is 12.1 Å². The molecule has 0 heterocycles. The molecule has 1 aromatic rings. The number of para-hydroxylation sites is 1. The number of nitrogen functional groups attached to an aromatic ring is 1. The highest BCUT2D eigenvalue weighted by molar-refractivity contribution is 5.99. The Hall–Kier alpha value is -1.76. The second kappa shape index (κ2) is 7.31. The van der Waals surface area contributed by atoms with Crippen molar-refractivity contribution in [2.45, 2.75) is 19.0 Å². The number of alkyl halides is 3. The molecule has 0 aliphatic heterocycles. The molecule has 0 saturated carbocycles. The molecule has 0 aromatic heterocycles. The van der Waals surface area contributed by atoms with Crippen molar-refractivity contribution in [2.24, 2.45) is 0 Å². The maximum atomic E-state index is 12.7. The normalized spacial score (nSPS) is 11.7. The van der Waals surface area contributed by atoms with Crippen molar-refractivity contribution in [1.29, 1.82) is 0 Å². The molecule has 0 atom stereocenters. The van der Waals surface area contributed by atoms with Crippen LogP contribution in [-0.4, -0.2) is 38.0 Å². The first-order valence-electron chi connectivity index (χ1n) is 6.62. The summed E-state index contributed by atoms with van der Waals surface area (Å²) >= 11 is 0. The lowest BCUT2D eigenvalue weighted by molar-refractivity contribution is -0.136. The predicted octanol–water partition coefficient (Wildman–Crippen LogP) is 2.36. The van der Waals surface area contributed by atoms with Crippen LogP contribution in [0.5, 0.6) is 0 Å². The molecule has 0 aliphatic carbocycles. The molecule has 0 aliphatic rings. The van der Waals surface area contributed by atoms with Crippen molar-refractivity contribution >= 4 is 11.6 Å². The molecule has 21 heavy (non-hydrogen) atoms. The lowest BCUT2D eigenvalue weighted by Gasteiger charge is -2.13. The molecule has 0 unspecified atom stereocenters. The highest BCUT2D eigenvalue weighted by atomic mass is 19.4. The molecule has 3 N–H and O–H groups in total.